The minimum atomic E-state index is -1.59. The van der Waals surface area contributed by atoms with E-state index in [1.807, 2.05) is 13.0 Å². The van der Waals surface area contributed by atoms with Gasteiger partial charge in [-0.05, 0) is 41.3 Å². The number of imide groups is 1. The van der Waals surface area contributed by atoms with Gasteiger partial charge in [-0.25, -0.2) is 4.79 Å². The van der Waals surface area contributed by atoms with Crippen molar-refractivity contribution in [2.24, 2.45) is 11.7 Å². The molecule has 3 atom stereocenters. The Morgan fingerprint density at radius 2 is 2.12 bits per heavy atom. The first-order chi connectivity index (χ1) is 15.7. The summed E-state index contributed by atoms with van der Waals surface area (Å²) >= 11 is 0. The summed E-state index contributed by atoms with van der Waals surface area (Å²) in [5.74, 6) is 0.475. The maximum Gasteiger partial charge on any atom is 0.322 e. The molecule has 4 amide bonds. The number of ether oxygens (including phenoxy) is 1. The number of rotatable bonds is 5. The van der Waals surface area contributed by atoms with Gasteiger partial charge in [0.15, 0.2) is 5.54 Å². The number of nitrogens with one attached hydrogen (secondary N) is 2. The Hall–Kier alpha value is -3.63. The average Bonchev–Trinajstić information content (AvgIpc) is 3.41. The van der Waals surface area contributed by atoms with Crippen LogP contribution in [0.3, 0.4) is 0 Å². The number of hydrogen-bond donors (Lipinski definition) is 4. The average molecular weight is 452 g/mol. The summed E-state index contributed by atoms with van der Waals surface area (Å²) in [6.07, 6.45) is 1.12. The van der Waals surface area contributed by atoms with Gasteiger partial charge in [-0.1, -0.05) is 13.0 Å². The largest absolute Gasteiger partial charge is 0.497 e. The standard InChI is InChI=1S/C23H24N4O6/c1-11-5-17-13(6-15(11)19(24)28)7-18(33-17)23(21(30)25-22(31)26-23)10-27-9-12-3-4-14(32-2)8-16(12)20(27)29/h3-4,6-8,11,19,28H,5,9-10,24H2,1-2H3,(H2,25,26,30,31). The first-order valence-corrected chi connectivity index (χ1v) is 10.6. The number of nitrogens with two attached hydrogens (primary N) is 1. The Labute approximate surface area is 189 Å². The molecule has 10 nitrogen and oxygen atoms in total. The zero-order valence-electron chi connectivity index (χ0n) is 18.2. The van der Waals surface area contributed by atoms with Gasteiger partial charge in [0, 0.05) is 24.1 Å². The highest BCUT2D eigenvalue weighted by molar-refractivity contribution is 6.08. The van der Waals surface area contributed by atoms with E-state index in [-0.39, 0.29) is 30.7 Å². The molecule has 0 bridgehead atoms. The lowest BCUT2D eigenvalue weighted by atomic mass is 9.87. The molecule has 1 aliphatic carbocycles. The van der Waals surface area contributed by atoms with Crippen LogP contribution >= 0.6 is 0 Å². The zero-order valence-corrected chi connectivity index (χ0v) is 18.2. The third kappa shape index (κ3) is 3.30. The van der Waals surface area contributed by atoms with Crippen molar-refractivity contribution in [1.29, 1.82) is 0 Å². The van der Waals surface area contributed by atoms with E-state index in [4.69, 9.17) is 14.9 Å². The van der Waals surface area contributed by atoms with Crippen LogP contribution in [0, 0.1) is 5.92 Å². The number of carbonyl (C=O) groups is 3. The summed E-state index contributed by atoms with van der Waals surface area (Å²) in [6.45, 7) is 2.09. The molecule has 0 radical (unpaired) electrons. The van der Waals surface area contributed by atoms with E-state index in [0.717, 1.165) is 5.56 Å². The molecule has 0 saturated carbocycles. The molecule has 3 unspecified atom stereocenters. The number of amides is 4. The highest BCUT2D eigenvalue weighted by Gasteiger charge is 2.53. The van der Waals surface area contributed by atoms with E-state index in [1.165, 1.54) is 12.0 Å². The lowest BCUT2D eigenvalue weighted by Crippen LogP contribution is -2.52. The van der Waals surface area contributed by atoms with Gasteiger partial charge in [-0.2, -0.15) is 0 Å². The van der Waals surface area contributed by atoms with E-state index in [1.54, 1.807) is 24.3 Å². The molecule has 3 aliphatic rings. The second kappa shape index (κ2) is 7.46. The summed E-state index contributed by atoms with van der Waals surface area (Å²) in [4.78, 5) is 39.8. The van der Waals surface area contributed by atoms with Gasteiger partial charge >= 0.3 is 6.03 Å². The molecule has 2 aromatic rings. The fourth-order valence-corrected chi connectivity index (χ4v) is 4.77. The van der Waals surface area contributed by atoms with Gasteiger partial charge in [-0.15, -0.1) is 0 Å². The molecule has 0 spiro atoms. The molecule has 1 aromatic heterocycles. The maximum absolute atomic E-state index is 13.1. The highest BCUT2D eigenvalue weighted by atomic mass is 16.5. The van der Waals surface area contributed by atoms with Crippen molar-refractivity contribution in [3.05, 3.63) is 58.0 Å². The number of hydrogen-bond acceptors (Lipinski definition) is 7. The van der Waals surface area contributed by atoms with Crippen LogP contribution < -0.4 is 21.1 Å². The fraction of sp³-hybridized carbons (Fsp3) is 0.348. The summed E-state index contributed by atoms with van der Waals surface area (Å²) in [6, 6.07) is 6.24. The van der Waals surface area contributed by atoms with Crippen molar-refractivity contribution >= 4 is 23.9 Å². The van der Waals surface area contributed by atoms with Crippen molar-refractivity contribution in [2.75, 3.05) is 13.7 Å². The van der Waals surface area contributed by atoms with Crippen molar-refractivity contribution < 1.29 is 28.6 Å². The topological polar surface area (TPSA) is 147 Å². The van der Waals surface area contributed by atoms with Gasteiger partial charge < -0.3 is 30.2 Å². The van der Waals surface area contributed by atoms with Crippen LogP contribution in [0.5, 0.6) is 5.75 Å². The van der Waals surface area contributed by atoms with Gasteiger partial charge in [0.25, 0.3) is 11.8 Å². The Morgan fingerprint density at radius 1 is 1.33 bits per heavy atom. The second-order valence-corrected chi connectivity index (χ2v) is 8.68. The third-order valence-electron chi connectivity index (χ3n) is 6.55. The Kier molecular flexibility index (Phi) is 4.80. The van der Waals surface area contributed by atoms with E-state index in [9.17, 15) is 19.5 Å². The lowest BCUT2D eigenvalue weighted by molar-refractivity contribution is -0.125. The number of aliphatic hydroxyl groups excluding tert-OH is 1. The molecule has 5 rings (SSSR count). The minimum Gasteiger partial charge on any atom is -0.497 e. The van der Waals surface area contributed by atoms with Crippen molar-refractivity contribution in [3.63, 3.8) is 0 Å². The van der Waals surface area contributed by atoms with Crippen LogP contribution in [0.25, 0.3) is 6.08 Å². The first kappa shape index (κ1) is 21.2. The number of urea groups is 1. The monoisotopic (exact) mass is 452 g/mol. The van der Waals surface area contributed by atoms with Crippen LogP contribution in [-0.2, 0) is 23.3 Å². The third-order valence-corrected chi connectivity index (χ3v) is 6.55. The fourth-order valence-electron chi connectivity index (χ4n) is 4.77. The molecule has 3 heterocycles. The molecule has 1 fully saturated rings. The van der Waals surface area contributed by atoms with Gasteiger partial charge in [0.1, 0.15) is 23.5 Å². The number of methoxy groups -OCH3 is 1. The minimum absolute atomic E-state index is 0.0518. The van der Waals surface area contributed by atoms with Crippen LogP contribution in [-0.4, -0.2) is 47.7 Å². The molecular weight excluding hydrogens is 428 g/mol. The number of aliphatic hydroxyl groups is 1. The Morgan fingerprint density at radius 3 is 2.79 bits per heavy atom. The lowest BCUT2D eigenvalue weighted by Gasteiger charge is -2.29. The number of nitrogens with zero attached hydrogens (tertiary/aromatic N) is 1. The molecule has 5 N–H and O–H groups in total. The normalized spacial score (nSPS) is 24.7. The molecule has 33 heavy (non-hydrogen) atoms. The van der Waals surface area contributed by atoms with Gasteiger partial charge in [0.05, 0.1) is 13.7 Å². The Bertz CT molecular complexity index is 1220. The smallest absolute Gasteiger partial charge is 0.322 e. The zero-order chi connectivity index (χ0) is 23.5. The number of carbonyl (C=O) groups excluding carboxylic acids is 3. The highest BCUT2D eigenvalue weighted by Crippen LogP contribution is 2.38. The first-order valence-electron chi connectivity index (χ1n) is 10.6. The van der Waals surface area contributed by atoms with E-state index < -0.39 is 23.7 Å². The van der Waals surface area contributed by atoms with Crippen molar-refractivity contribution in [3.8, 4) is 5.75 Å². The van der Waals surface area contributed by atoms with Crippen molar-refractivity contribution in [1.82, 2.24) is 15.5 Å². The van der Waals surface area contributed by atoms with E-state index in [2.05, 4.69) is 10.6 Å². The summed E-state index contributed by atoms with van der Waals surface area (Å²) in [5.41, 5.74) is 6.72. The number of fused-ring (bicyclic) bond motifs is 2. The maximum atomic E-state index is 13.1. The van der Waals surface area contributed by atoms with Crippen molar-refractivity contribution in [2.45, 2.75) is 31.7 Å². The second-order valence-electron chi connectivity index (χ2n) is 8.68. The number of furan rings is 1. The predicted molar refractivity (Wildman–Crippen MR) is 116 cm³/mol. The Balaban J connectivity index is 1.52. The van der Waals surface area contributed by atoms with Crippen LogP contribution in [0.15, 0.2) is 34.3 Å². The van der Waals surface area contributed by atoms with Crippen LogP contribution in [0.1, 0.15) is 39.9 Å². The van der Waals surface area contributed by atoms with Gasteiger partial charge in [0.2, 0.25) is 0 Å². The van der Waals surface area contributed by atoms with Crippen LogP contribution in [0.2, 0.25) is 0 Å². The molecular formula is C23H24N4O6. The van der Waals surface area contributed by atoms with E-state index >= 15 is 0 Å². The molecule has 2 aliphatic heterocycles. The molecule has 1 saturated heterocycles. The summed E-state index contributed by atoms with van der Waals surface area (Å²) in [7, 11) is 1.52. The van der Waals surface area contributed by atoms with Crippen LogP contribution in [0.4, 0.5) is 4.79 Å². The molecule has 172 valence electrons. The summed E-state index contributed by atoms with van der Waals surface area (Å²) < 4.78 is 11.3. The molecule has 1 aromatic carbocycles. The summed E-state index contributed by atoms with van der Waals surface area (Å²) in [5, 5.41) is 14.8. The number of benzene rings is 1. The molecule has 10 heteroatoms. The van der Waals surface area contributed by atoms with E-state index in [0.29, 0.717) is 34.6 Å². The van der Waals surface area contributed by atoms with Gasteiger partial charge in [-0.3, -0.25) is 14.9 Å². The SMILES string of the molecule is COc1ccc2c(c1)C(=O)N(CC1(c3cc4c(o3)CC(C)C(C(N)O)=C4)NC(=O)NC1=O)C2. The predicted octanol–water partition coefficient (Wildman–Crippen LogP) is 0.832. The quantitative estimate of drug-likeness (QED) is 0.388.